The first-order valence-electron chi connectivity index (χ1n) is 5.93. The third-order valence-corrected chi connectivity index (χ3v) is 3.02. The summed E-state index contributed by atoms with van der Waals surface area (Å²) in [7, 11) is 0. The van der Waals surface area contributed by atoms with Crippen LogP contribution in [-0.2, 0) is 11.2 Å². The van der Waals surface area contributed by atoms with Gasteiger partial charge in [-0.05, 0) is 37.1 Å². The second-order valence-corrected chi connectivity index (χ2v) is 4.49. The number of hydrogen-bond donors (Lipinski definition) is 1. The lowest BCUT2D eigenvalue weighted by Gasteiger charge is -2.07. The van der Waals surface area contributed by atoms with E-state index in [0.717, 1.165) is 29.1 Å². The summed E-state index contributed by atoms with van der Waals surface area (Å²) in [4.78, 5) is 10.9. The van der Waals surface area contributed by atoms with Gasteiger partial charge in [-0.15, -0.1) is 0 Å². The number of carbonyl (C=O) groups is 1. The summed E-state index contributed by atoms with van der Waals surface area (Å²) >= 11 is 0. The minimum atomic E-state index is -0.801. The molecular formula is C15H16O3. The lowest BCUT2D eigenvalue weighted by molar-refractivity contribution is -0.138. The van der Waals surface area contributed by atoms with Crippen molar-refractivity contribution in [1.29, 1.82) is 0 Å². The monoisotopic (exact) mass is 244 g/mol. The van der Waals surface area contributed by atoms with Gasteiger partial charge in [-0.2, -0.15) is 0 Å². The lowest BCUT2D eigenvalue weighted by Crippen LogP contribution is -2.07. The van der Waals surface area contributed by atoms with E-state index in [2.05, 4.69) is 0 Å². The average molecular weight is 244 g/mol. The maximum absolute atomic E-state index is 10.9. The van der Waals surface area contributed by atoms with Gasteiger partial charge in [0.15, 0.2) is 0 Å². The van der Waals surface area contributed by atoms with Gasteiger partial charge in [0.1, 0.15) is 11.5 Å². The van der Waals surface area contributed by atoms with Crippen LogP contribution in [0.5, 0.6) is 0 Å². The number of carboxylic acids is 1. The molecule has 0 saturated heterocycles. The molecule has 0 aliphatic carbocycles. The Hall–Kier alpha value is -2.03. The Balaban J connectivity index is 2.10. The zero-order valence-electron chi connectivity index (χ0n) is 10.5. The largest absolute Gasteiger partial charge is 0.481 e. The SMILES string of the molecule is Cc1ccc(Cc2ccc(C(C)C(=O)O)cc2)o1. The van der Waals surface area contributed by atoms with Crippen LogP contribution >= 0.6 is 0 Å². The fourth-order valence-corrected chi connectivity index (χ4v) is 1.85. The molecule has 3 nitrogen and oxygen atoms in total. The highest BCUT2D eigenvalue weighted by atomic mass is 16.4. The Morgan fingerprint density at radius 1 is 1.22 bits per heavy atom. The number of hydrogen-bond acceptors (Lipinski definition) is 2. The molecule has 0 bridgehead atoms. The van der Waals surface area contributed by atoms with E-state index in [1.807, 2.05) is 43.3 Å². The van der Waals surface area contributed by atoms with Crippen molar-refractivity contribution in [1.82, 2.24) is 0 Å². The van der Waals surface area contributed by atoms with Crippen molar-refractivity contribution in [3.8, 4) is 0 Å². The molecule has 3 heteroatoms. The van der Waals surface area contributed by atoms with Crippen LogP contribution in [-0.4, -0.2) is 11.1 Å². The van der Waals surface area contributed by atoms with E-state index in [0.29, 0.717) is 0 Å². The van der Waals surface area contributed by atoms with Gasteiger partial charge < -0.3 is 9.52 Å². The molecule has 0 saturated carbocycles. The highest BCUT2D eigenvalue weighted by Crippen LogP contribution is 2.18. The second kappa shape index (κ2) is 5.08. The summed E-state index contributed by atoms with van der Waals surface area (Å²) < 4.78 is 5.51. The summed E-state index contributed by atoms with van der Waals surface area (Å²) in [5, 5.41) is 8.93. The van der Waals surface area contributed by atoms with Crippen LogP contribution in [0.1, 0.15) is 35.5 Å². The molecule has 94 valence electrons. The molecule has 1 unspecified atom stereocenters. The Labute approximate surface area is 106 Å². The van der Waals surface area contributed by atoms with Crippen LogP contribution < -0.4 is 0 Å². The normalized spacial score (nSPS) is 12.3. The number of aliphatic carboxylic acids is 1. The van der Waals surface area contributed by atoms with Crippen molar-refractivity contribution in [3.63, 3.8) is 0 Å². The molecular weight excluding hydrogens is 228 g/mol. The van der Waals surface area contributed by atoms with Gasteiger partial charge in [-0.25, -0.2) is 0 Å². The number of rotatable bonds is 4. The standard InChI is InChI=1S/C15H16O3/c1-10-3-8-14(18-10)9-12-4-6-13(7-5-12)11(2)15(16)17/h3-8,11H,9H2,1-2H3,(H,16,17). The van der Waals surface area contributed by atoms with Crippen molar-refractivity contribution >= 4 is 5.97 Å². The molecule has 1 aromatic heterocycles. The van der Waals surface area contributed by atoms with Crippen LogP contribution in [0.4, 0.5) is 0 Å². The van der Waals surface area contributed by atoms with Crippen LogP contribution in [0.3, 0.4) is 0 Å². The molecule has 2 rings (SSSR count). The van der Waals surface area contributed by atoms with Crippen LogP contribution in [0, 0.1) is 6.92 Å². The summed E-state index contributed by atoms with van der Waals surface area (Å²) in [6, 6.07) is 11.5. The van der Waals surface area contributed by atoms with E-state index in [-0.39, 0.29) is 0 Å². The third-order valence-electron chi connectivity index (χ3n) is 3.02. The molecule has 2 aromatic rings. The molecule has 0 aliphatic heterocycles. The van der Waals surface area contributed by atoms with Crippen LogP contribution in [0.25, 0.3) is 0 Å². The van der Waals surface area contributed by atoms with Crippen LogP contribution in [0.2, 0.25) is 0 Å². The summed E-state index contributed by atoms with van der Waals surface area (Å²) in [5.41, 5.74) is 1.94. The van der Waals surface area contributed by atoms with E-state index < -0.39 is 11.9 Å². The second-order valence-electron chi connectivity index (χ2n) is 4.49. The van der Waals surface area contributed by atoms with E-state index in [4.69, 9.17) is 9.52 Å². The Morgan fingerprint density at radius 3 is 2.39 bits per heavy atom. The molecule has 0 fully saturated rings. The quantitative estimate of drug-likeness (QED) is 0.897. The average Bonchev–Trinajstić information content (AvgIpc) is 2.75. The molecule has 1 atom stereocenters. The Kier molecular flexibility index (Phi) is 3.51. The van der Waals surface area contributed by atoms with Gasteiger partial charge in [0.2, 0.25) is 0 Å². The van der Waals surface area contributed by atoms with Gasteiger partial charge in [-0.1, -0.05) is 24.3 Å². The minimum Gasteiger partial charge on any atom is -0.481 e. The fraction of sp³-hybridized carbons (Fsp3) is 0.267. The van der Waals surface area contributed by atoms with Gasteiger partial charge in [-0.3, -0.25) is 4.79 Å². The number of furan rings is 1. The highest BCUT2D eigenvalue weighted by Gasteiger charge is 2.13. The van der Waals surface area contributed by atoms with Gasteiger partial charge in [0, 0.05) is 6.42 Å². The van der Waals surface area contributed by atoms with Crippen molar-refractivity contribution < 1.29 is 14.3 Å². The third kappa shape index (κ3) is 2.80. The zero-order chi connectivity index (χ0) is 13.1. The highest BCUT2D eigenvalue weighted by molar-refractivity contribution is 5.75. The van der Waals surface area contributed by atoms with E-state index >= 15 is 0 Å². The first-order valence-corrected chi connectivity index (χ1v) is 5.93. The molecule has 0 radical (unpaired) electrons. The summed E-state index contributed by atoms with van der Waals surface area (Å²) in [6.07, 6.45) is 0.732. The molecule has 0 spiro atoms. The van der Waals surface area contributed by atoms with Crippen molar-refractivity contribution in [2.24, 2.45) is 0 Å². The molecule has 1 aromatic carbocycles. The maximum Gasteiger partial charge on any atom is 0.310 e. The van der Waals surface area contributed by atoms with E-state index in [9.17, 15) is 4.79 Å². The maximum atomic E-state index is 10.9. The first-order chi connectivity index (χ1) is 8.56. The summed E-state index contributed by atoms with van der Waals surface area (Å²) in [5.74, 6) is 0.557. The molecule has 1 N–H and O–H groups in total. The number of aryl methyl sites for hydroxylation is 1. The molecule has 0 amide bonds. The summed E-state index contributed by atoms with van der Waals surface area (Å²) in [6.45, 7) is 3.61. The van der Waals surface area contributed by atoms with E-state index in [1.54, 1.807) is 6.92 Å². The number of benzene rings is 1. The molecule has 1 heterocycles. The molecule has 18 heavy (non-hydrogen) atoms. The Bertz CT molecular complexity index is 537. The van der Waals surface area contributed by atoms with Crippen molar-refractivity contribution in [2.45, 2.75) is 26.2 Å². The predicted octanol–water partition coefficient (Wildman–Crippen LogP) is 3.37. The van der Waals surface area contributed by atoms with E-state index in [1.165, 1.54) is 0 Å². The lowest BCUT2D eigenvalue weighted by atomic mass is 9.99. The minimum absolute atomic E-state index is 0.468. The van der Waals surface area contributed by atoms with Gasteiger partial charge in [0.05, 0.1) is 5.92 Å². The fourth-order valence-electron chi connectivity index (χ4n) is 1.85. The predicted molar refractivity (Wildman–Crippen MR) is 68.7 cm³/mol. The smallest absolute Gasteiger partial charge is 0.310 e. The first kappa shape index (κ1) is 12.4. The molecule has 0 aliphatic rings. The van der Waals surface area contributed by atoms with Crippen LogP contribution in [0.15, 0.2) is 40.8 Å². The zero-order valence-corrected chi connectivity index (χ0v) is 10.5. The van der Waals surface area contributed by atoms with Crippen molar-refractivity contribution in [2.75, 3.05) is 0 Å². The topological polar surface area (TPSA) is 50.4 Å². The van der Waals surface area contributed by atoms with Crippen molar-refractivity contribution in [3.05, 3.63) is 59.0 Å². The van der Waals surface area contributed by atoms with Gasteiger partial charge >= 0.3 is 5.97 Å². The van der Waals surface area contributed by atoms with Gasteiger partial charge in [0.25, 0.3) is 0 Å². The Morgan fingerprint density at radius 2 is 1.89 bits per heavy atom. The number of carboxylic acid groups (broad SMARTS) is 1.